The quantitative estimate of drug-likeness (QED) is 0.441. The van der Waals surface area contributed by atoms with Crippen molar-refractivity contribution in [2.75, 3.05) is 43.1 Å². The van der Waals surface area contributed by atoms with Crippen LogP contribution in [0.4, 0.5) is 30.2 Å². The summed E-state index contributed by atoms with van der Waals surface area (Å²) in [5, 5.41) is 19.0. The number of carbonyl (C=O) groups is 1. The van der Waals surface area contributed by atoms with Crippen molar-refractivity contribution in [2.45, 2.75) is 6.18 Å². The fourth-order valence-corrected chi connectivity index (χ4v) is 3.56. The molecule has 4 rings (SSSR count). The van der Waals surface area contributed by atoms with Crippen LogP contribution < -0.4 is 14.5 Å². The maximum absolute atomic E-state index is 11.3. The van der Waals surface area contributed by atoms with Crippen LogP contribution >= 0.6 is 0 Å². The second-order valence-electron chi connectivity index (χ2n) is 7.24. The molecule has 2 heterocycles. The number of aromatic nitrogens is 1. The van der Waals surface area contributed by atoms with Crippen molar-refractivity contribution in [3.63, 3.8) is 0 Å². The summed E-state index contributed by atoms with van der Waals surface area (Å²) in [7, 11) is 1.66. The highest BCUT2D eigenvalue weighted by Gasteiger charge is 2.38. The molecule has 0 aliphatic carbocycles. The van der Waals surface area contributed by atoms with Gasteiger partial charge in [-0.3, -0.25) is 15.1 Å². The molecule has 0 saturated carbocycles. The zero-order valence-corrected chi connectivity index (χ0v) is 18.0. The molecular weight excluding hydrogens is 457 g/mol. The van der Waals surface area contributed by atoms with Crippen molar-refractivity contribution >= 4 is 33.9 Å². The first-order valence-corrected chi connectivity index (χ1v) is 10.1. The van der Waals surface area contributed by atoms with Gasteiger partial charge in [0.1, 0.15) is 11.3 Å². The molecule has 1 aliphatic heterocycles. The third kappa shape index (κ3) is 5.63. The van der Waals surface area contributed by atoms with Crippen LogP contribution in [0.2, 0.25) is 0 Å². The average molecular weight is 478 g/mol. The molecule has 1 fully saturated rings. The molecule has 1 N–H and O–H groups in total. The maximum Gasteiger partial charge on any atom is 0.490 e. The number of alkyl halides is 3. The van der Waals surface area contributed by atoms with Gasteiger partial charge in [-0.15, -0.1) is 0 Å². The predicted octanol–water partition coefficient (Wildman–Crippen LogP) is 4.11. The highest BCUT2D eigenvalue weighted by Crippen LogP contribution is 2.33. The molecule has 1 aliphatic rings. The van der Waals surface area contributed by atoms with Gasteiger partial charge in [-0.25, -0.2) is 4.79 Å². The van der Waals surface area contributed by atoms with Gasteiger partial charge >= 0.3 is 12.1 Å². The third-order valence-electron chi connectivity index (χ3n) is 5.22. The van der Waals surface area contributed by atoms with Crippen molar-refractivity contribution in [1.29, 1.82) is 0 Å². The number of non-ortho nitro benzene ring substituents is 1. The summed E-state index contributed by atoms with van der Waals surface area (Å²) in [5.74, 6) is -1.91. The van der Waals surface area contributed by atoms with E-state index < -0.39 is 12.1 Å². The number of pyridine rings is 1. The second kappa shape index (κ2) is 10.2. The van der Waals surface area contributed by atoms with E-state index in [0.29, 0.717) is 10.9 Å². The van der Waals surface area contributed by atoms with Crippen LogP contribution in [0.25, 0.3) is 10.9 Å². The van der Waals surface area contributed by atoms with Gasteiger partial charge in [-0.05, 0) is 42.5 Å². The summed E-state index contributed by atoms with van der Waals surface area (Å²) in [6.07, 6.45) is -3.40. The van der Waals surface area contributed by atoms with Crippen LogP contribution in [0.15, 0.2) is 54.7 Å². The topological polar surface area (TPSA) is 109 Å². The number of nitrogens with zero attached hydrogens (tertiary/aromatic N) is 4. The number of nitro groups is 1. The highest BCUT2D eigenvalue weighted by atomic mass is 19.4. The zero-order chi connectivity index (χ0) is 24.9. The van der Waals surface area contributed by atoms with Crippen LogP contribution in [-0.4, -0.2) is 60.4 Å². The lowest BCUT2D eigenvalue weighted by Crippen LogP contribution is -2.46. The molecule has 9 nitrogen and oxygen atoms in total. The summed E-state index contributed by atoms with van der Waals surface area (Å²) in [4.78, 5) is 28.8. The summed E-state index contributed by atoms with van der Waals surface area (Å²) in [5.41, 5.74) is 2.90. The molecule has 34 heavy (non-hydrogen) atoms. The van der Waals surface area contributed by atoms with Gasteiger partial charge in [0.2, 0.25) is 0 Å². The Hall–Kier alpha value is -4.09. The first-order chi connectivity index (χ1) is 16.1. The number of aliphatic carboxylic acids is 1. The van der Waals surface area contributed by atoms with Crippen molar-refractivity contribution in [2.24, 2.45) is 0 Å². The van der Waals surface area contributed by atoms with E-state index in [4.69, 9.17) is 14.6 Å². The maximum atomic E-state index is 11.3. The van der Waals surface area contributed by atoms with Gasteiger partial charge in [0.15, 0.2) is 0 Å². The molecule has 0 amide bonds. The first kappa shape index (κ1) is 24.6. The van der Waals surface area contributed by atoms with Crippen LogP contribution in [0, 0.1) is 10.1 Å². The minimum Gasteiger partial charge on any atom is -0.497 e. The molecule has 0 spiro atoms. The summed E-state index contributed by atoms with van der Waals surface area (Å²) in [6.45, 7) is 3.40. The zero-order valence-electron chi connectivity index (χ0n) is 18.0. The lowest BCUT2D eigenvalue weighted by Gasteiger charge is -2.37. The number of carboxylic acids is 1. The van der Waals surface area contributed by atoms with Crippen LogP contribution in [0.1, 0.15) is 0 Å². The molecule has 0 atom stereocenters. The Morgan fingerprint density at radius 2 is 1.65 bits per heavy atom. The van der Waals surface area contributed by atoms with E-state index in [1.54, 1.807) is 31.5 Å². The Labute approximate surface area is 192 Å². The Morgan fingerprint density at radius 3 is 2.18 bits per heavy atom. The molecule has 1 aromatic heterocycles. The number of nitro benzene ring substituents is 1. The molecule has 180 valence electrons. The number of piperazine rings is 1. The van der Waals surface area contributed by atoms with E-state index in [9.17, 15) is 23.3 Å². The number of hydrogen-bond donors (Lipinski definition) is 1. The number of rotatable bonds is 4. The van der Waals surface area contributed by atoms with Crippen molar-refractivity contribution in [1.82, 2.24) is 4.98 Å². The second-order valence-corrected chi connectivity index (χ2v) is 7.24. The number of fused-ring (bicyclic) bond motifs is 1. The fourth-order valence-electron chi connectivity index (χ4n) is 3.56. The Kier molecular flexibility index (Phi) is 7.39. The summed E-state index contributed by atoms with van der Waals surface area (Å²) in [6, 6.07) is 15.0. The number of anilines is 2. The Morgan fingerprint density at radius 1 is 1.06 bits per heavy atom. The normalized spacial score (nSPS) is 13.8. The van der Waals surface area contributed by atoms with Gasteiger partial charge in [-0.2, -0.15) is 13.2 Å². The summed E-state index contributed by atoms with van der Waals surface area (Å²) >= 11 is 0. The molecular formula is C22H21F3N4O5. The Bertz CT molecular complexity index is 1160. The van der Waals surface area contributed by atoms with Crippen molar-refractivity contribution < 1.29 is 32.7 Å². The number of ether oxygens (including phenoxy) is 1. The molecule has 2 aromatic carbocycles. The van der Waals surface area contributed by atoms with Gasteiger partial charge in [0.25, 0.3) is 5.69 Å². The van der Waals surface area contributed by atoms with Gasteiger partial charge < -0.3 is 19.6 Å². The number of methoxy groups -OCH3 is 1. The molecule has 0 radical (unpaired) electrons. The van der Waals surface area contributed by atoms with Gasteiger partial charge in [-0.1, -0.05) is 0 Å². The molecule has 0 bridgehead atoms. The fraction of sp³-hybridized carbons (Fsp3) is 0.273. The van der Waals surface area contributed by atoms with Crippen LogP contribution in [-0.2, 0) is 4.79 Å². The lowest BCUT2D eigenvalue weighted by atomic mass is 10.1. The van der Waals surface area contributed by atoms with E-state index in [2.05, 4.69) is 26.9 Å². The predicted molar refractivity (Wildman–Crippen MR) is 120 cm³/mol. The SMILES string of the molecule is COc1ccc(N2CCN(c3ccc([N+](=O)[O-])c4cccnc34)CC2)cc1.O=C(O)C(F)(F)F. The largest absolute Gasteiger partial charge is 0.497 e. The standard InChI is InChI=1S/C20H20N4O3.C2HF3O2/c1-27-16-6-4-15(5-7-16)22-11-13-23(14-12-22)19-9-8-18(24(25)26)17-3-2-10-21-20(17)19;3-2(4,5)1(6)7/h2-10H,11-14H2,1H3;(H,6,7). The van der Waals surface area contributed by atoms with E-state index >= 15 is 0 Å². The molecule has 12 heteroatoms. The van der Waals surface area contributed by atoms with Crippen LogP contribution in [0.3, 0.4) is 0 Å². The number of carboxylic acid groups (broad SMARTS) is 1. The molecule has 3 aromatic rings. The van der Waals surface area contributed by atoms with E-state index in [1.165, 1.54) is 5.69 Å². The number of halogens is 3. The van der Waals surface area contributed by atoms with Crippen molar-refractivity contribution in [3.05, 3.63) is 64.8 Å². The smallest absolute Gasteiger partial charge is 0.490 e. The summed E-state index contributed by atoms with van der Waals surface area (Å²) < 4.78 is 37.0. The van der Waals surface area contributed by atoms with Crippen molar-refractivity contribution in [3.8, 4) is 5.75 Å². The van der Waals surface area contributed by atoms with E-state index in [1.807, 2.05) is 18.2 Å². The molecule has 1 saturated heterocycles. The third-order valence-corrected chi connectivity index (χ3v) is 5.22. The van der Waals surface area contributed by atoms with E-state index in [0.717, 1.165) is 37.6 Å². The Balaban J connectivity index is 0.000000406. The number of hydrogen-bond acceptors (Lipinski definition) is 7. The molecule has 0 unspecified atom stereocenters. The van der Waals surface area contributed by atoms with Crippen LogP contribution in [0.5, 0.6) is 5.75 Å². The minimum absolute atomic E-state index is 0.0960. The average Bonchev–Trinajstić information content (AvgIpc) is 2.83. The highest BCUT2D eigenvalue weighted by molar-refractivity contribution is 5.97. The van der Waals surface area contributed by atoms with Gasteiger partial charge in [0, 0.05) is 44.1 Å². The van der Waals surface area contributed by atoms with E-state index in [-0.39, 0.29) is 10.6 Å². The first-order valence-electron chi connectivity index (χ1n) is 10.1. The monoisotopic (exact) mass is 478 g/mol. The minimum atomic E-state index is -5.08. The lowest BCUT2D eigenvalue weighted by molar-refractivity contribution is -0.383. The number of benzene rings is 2. The van der Waals surface area contributed by atoms with Gasteiger partial charge in [0.05, 0.1) is 23.1 Å².